The number of carboxylic acids is 1. The number of hydrogen-bond donors (Lipinski definition) is 2. The van der Waals surface area contributed by atoms with Gasteiger partial charge in [-0.3, -0.25) is 14.8 Å². The van der Waals surface area contributed by atoms with Gasteiger partial charge >= 0.3 is 5.97 Å². The third kappa shape index (κ3) is 1.87. The summed E-state index contributed by atoms with van der Waals surface area (Å²) in [4.78, 5) is 11.0. The summed E-state index contributed by atoms with van der Waals surface area (Å²) >= 11 is 0. The normalized spacial score (nSPS) is 18.5. The Bertz CT molecular complexity index is 368. The fourth-order valence-corrected chi connectivity index (χ4v) is 1.83. The second-order valence-corrected chi connectivity index (χ2v) is 4.12. The minimum atomic E-state index is -0.738. The van der Waals surface area contributed by atoms with Gasteiger partial charge in [-0.15, -0.1) is 0 Å². The minimum absolute atomic E-state index is 0.570. The third-order valence-electron chi connectivity index (χ3n) is 3.01. The molecule has 0 aromatic carbocycles. The monoisotopic (exact) mass is 209 g/mol. The van der Waals surface area contributed by atoms with Crippen LogP contribution in [0.3, 0.4) is 0 Å². The molecule has 1 aliphatic carbocycles. The molecule has 5 nitrogen and oxygen atoms in total. The molecule has 2 N–H and O–H groups in total. The molecule has 1 fully saturated rings. The summed E-state index contributed by atoms with van der Waals surface area (Å²) in [5.41, 5.74) is 0.334. The fourth-order valence-electron chi connectivity index (χ4n) is 1.83. The summed E-state index contributed by atoms with van der Waals surface area (Å²) in [6, 6.07) is 0. The second-order valence-electron chi connectivity index (χ2n) is 4.12. The van der Waals surface area contributed by atoms with Crippen LogP contribution < -0.4 is 5.32 Å². The molecule has 1 heterocycles. The molecule has 0 bridgehead atoms. The molecule has 0 radical (unpaired) electrons. The van der Waals surface area contributed by atoms with Crippen LogP contribution in [0.25, 0.3) is 0 Å². The topological polar surface area (TPSA) is 67.2 Å². The number of nitrogens with one attached hydrogen (secondary N) is 1. The van der Waals surface area contributed by atoms with Gasteiger partial charge in [0, 0.05) is 25.4 Å². The summed E-state index contributed by atoms with van der Waals surface area (Å²) in [5.74, 6) is -0.738. The van der Waals surface area contributed by atoms with Crippen molar-refractivity contribution >= 4 is 5.97 Å². The van der Waals surface area contributed by atoms with Crippen LogP contribution in [0.15, 0.2) is 12.4 Å². The number of carboxylic acid groups (broad SMARTS) is 1. The van der Waals surface area contributed by atoms with E-state index in [0.29, 0.717) is 6.54 Å². The van der Waals surface area contributed by atoms with Crippen molar-refractivity contribution in [3.63, 3.8) is 0 Å². The molecule has 82 valence electrons. The zero-order valence-corrected chi connectivity index (χ0v) is 8.73. The van der Waals surface area contributed by atoms with Crippen molar-refractivity contribution in [3.05, 3.63) is 18.0 Å². The Morgan fingerprint density at radius 2 is 2.47 bits per heavy atom. The first-order valence-corrected chi connectivity index (χ1v) is 5.08. The molecule has 0 atom stereocenters. The van der Waals surface area contributed by atoms with Crippen LogP contribution in [0.5, 0.6) is 0 Å². The number of aromatic nitrogens is 2. The average Bonchev–Trinajstić information content (AvgIpc) is 2.49. The number of aryl methyl sites for hydroxylation is 1. The molecule has 1 aliphatic rings. The van der Waals surface area contributed by atoms with Gasteiger partial charge in [0.1, 0.15) is 5.54 Å². The van der Waals surface area contributed by atoms with Crippen molar-refractivity contribution in [1.82, 2.24) is 15.1 Å². The van der Waals surface area contributed by atoms with Gasteiger partial charge in [0.25, 0.3) is 0 Å². The largest absolute Gasteiger partial charge is 0.480 e. The van der Waals surface area contributed by atoms with Crippen LogP contribution >= 0.6 is 0 Å². The first-order chi connectivity index (χ1) is 7.12. The number of aliphatic carboxylic acids is 1. The number of nitrogens with zero attached hydrogens (tertiary/aromatic N) is 2. The lowest BCUT2D eigenvalue weighted by atomic mass is 9.77. The number of carbonyl (C=O) groups is 1. The molecule has 0 aliphatic heterocycles. The molecule has 1 saturated carbocycles. The third-order valence-corrected chi connectivity index (χ3v) is 3.01. The second kappa shape index (κ2) is 3.66. The lowest BCUT2D eigenvalue weighted by Crippen LogP contribution is -2.56. The van der Waals surface area contributed by atoms with E-state index in [-0.39, 0.29) is 0 Å². The van der Waals surface area contributed by atoms with Gasteiger partial charge in [-0.1, -0.05) is 0 Å². The molecule has 0 unspecified atom stereocenters. The predicted octanol–water partition coefficient (Wildman–Crippen LogP) is 0.517. The molecule has 0 amide bonds. The number of rotatable bonds is 4. The van der Waals surface area contributed by atoms with Gasteiger partial charge in [0.05, 0.1) is 6.20 Å². The van der Waals surface area contributed by atoms with Gasteiger partial charge in [0.2, 0.25) is 0 Å². The van der Waals surface area contributed by atoms with Gasteiger partial charge in [-0.2, -0.15) is 5.10 Å². The molecule has 2 rings (SSSR count). The Hall–Kier alpha value is -1.36. The van der Waals surface area contributed by atoms with Crippen molar-refractivity contribution < 1.29 is 9.90 Å². The Kier molecular flexibility index (Phi) is 2.48. The highest BCUT2D eigenvalue weighted by Crippen LogP contribution is 2.32. The Labute approximate surface area is 88.1 Å². The van der Waals surface area contributed by atoms with Crippen LogP contribution in [0, 0.1) is 0 Å². The van der Waals surface area contributed by atoms with E-state index < -0.39 is 11.5 Å². The van der Waals surface area contributed by atoms with E-state index in [1.807, 2.05) is 13.2 Å². The first-order valence-electron chi connectivity index (χ1n) is 5.08. The maximum atomic E-state index is 11.0. The van der Waals surface area contributed by atoms with Gasteiger partial charge in [0.15, 0.2) is 0 Å². The van der Waals surface area contributed by atoms with Crippen molar-refractivity contribution in [3.8, 4) is 0 Å². The highest BCUT2D eigenvalue weighted by molar-refractivity contribution is 5.79. The van der Waals surface area contributed by atoms with Crippen LogP contribution in [0.2, 0.25) is 0 Å². The lowest BCUT2D eigenvalue weighted by molar-refractivity contribution is -0.148. The maximum absolute atomic E-state index is 11.0. The van der Waals surface area contributed by atoms with Gasteiger partial charge < -0.3 is 5.11 Å². The van der Waals surface area contributed by atoms with Gasteiger partial charge in [-0.05, 0) is 19.3 Å². The Balaban J connectivity index is 1.95. The molecular weight excluding hydrogens is 194 g/mol. The average molecular weight is 209 g/mol. The van der Waals surface area contributed by atoms with E-state index >= 15 is 0 Å². The fraction of sp³-hybridized carbons (Fsp3) is 0.600. The minimum Gasteiger partial charge on any atom is -0.480 e. The summed E-state index contributed by atoms with van der Waals surface area (Å²) < 4.78 is 1.71. The number of hydrogen-bond acceptors (Lipinski definition) is 3. The van der Waals surface area contributed by atoms with E-state index in [1.165, 1.54) is 0 Å². The highest BCUT2D eigenvalue weighted by Gasteiger charge is 2.43. The smallest absolute Gasteiger partial charge is 0.323 e. The lowest BCUT2D eigenvalue weighted by Gasteiger charge is -2.38. The standard InChI is InChI=1S/C10H15N3O2/c1-13-7-8(6-12-13)5-11-10(9(14)15)3-2-4-10/h6-7,11H,2-5H2,1H3,(H,14,15). The van der Waals surface area contributed by atoms with Crippen molar-refractivity contribution in [2.24, 2.45) is 7.05 Å². The molecule has 15 heavy (non-hydrogen) atoms. The van der Waals surface area contributed by atoms with Crippen LogP contribution in [0.4, 0.5) is 0 Å². The summed E-state index contributed by atoms with van der Waals surface area (Å²) in [7, 11) is 1.85. The SMILES string of the molecule is Cn1cc(CNC2(C(=O)O)CCC2)cn1. The Morgan fingerprint density at radius 1 is 1.73 bits per heavy atom. The van der Waals surface area contributed by atoms with E-state index in [9.17, 15) is 4.79 Å². The van der Waals surface area contributed by atoms with E-state index in [4.69, 9.17) is 5.11 Å². The van der Waals surface area contributed by atoms with Crippen LogP contribution in [0.1, 0.15) is 24.8 Å². The summed E-state index contributed by atoms with van der Waals surface area (Å²) in [5, 5.41) is 16.2. The molecular formula is C10H15N3O2. The van der Waals surface area contributed by atoms with E-state index in [0.717, 1.165) is 24.8 Å². The van der Waals surface area contributed by atoms with E-state index in [2.05, 4.69) is 10.4 Å². The van der Waals surface area contributed by atoms with Crippen molar-refractivity contribution in [1.29, 1.82) is 0 Å². The molecule has 1 aromatic heterocycles. The molecule has 0 spiro atoms. The maximum Gasteiger partial charge on any atom is 0.323 e. The van der Waals surface area contributed by atoms with Crippen molar-refractivity contribution in [2.45, 2.75) is 31.3 Å². The summed E-state index contributed by atoms with van der Waals surface area (Å²) in [6.45, 7) is 0.570. The quantitative estimate of drug-likeness (QED) is 0.758. The summed E-state index contributed by atoms with van der Waals surface area (Å²) in [6.07, 6.45) is 6.08. The van der Waals surface area contributed by atoms with E-state index in [1.54, 1.807) is 10.9 Å². The molecule has 5 heteroatoms. The molecule has 0 saturated heterocycles. The molecule has 1 aromatic rings. The highest BCUT2D eigenvalue weighted by atomic mass is 16.4. The first kappa shape index (κ1) is 10.2. The van der Waals surface area contributed by atoms with Crippen molar-refractivity contribution in [2.75, 3.05) is 0 Å². The Morgan fingerprint density at radius 3 is 2.87 bits per heavy atom. The zero-order valence-electron chi connectivity index (χ0n) is 8.73. The van der Waals surface area contributed by atoms with Crippen LogP contribution in [-0.2, 0) is 18.4 Å². The van der Waals surface area contributed by atoms with Gasteiger partial charge in [-0.25, -0.2) is 0 Å². The zero-order chi connectivity index (χ0) is 10.9. The van der Waals surface area contributed by atoms with Crippen LogP contribution in [-0.4, -0.2) is 26.4 Å². The predicted molar refractivity (Wildman–Crippen MR) is 54.3 cm³/mol.